The molecular weight excluding hydrogens is 186 g/mol. The van der Waals surface area contributed by atoms with Crippen molar-refractivity contribution in [3.05, 3.63) is 0 Å². The van der Waals surface area contributed by atoms with Crippen molar-refractivity contribution in [2.45, 2.75) is 52.5 Å². The van der Waals surface area contributed by atoms with Crippen LogP contribution < -0.4 is 0 Å². The fourth-order valence-corrected chi connectivity index (χ4v) is 2.33. The fourth-order valence-electron chi connectivity index (χ4n) is 2.33. The van der Waals surface area contributed by atoms with Crippen LogP contribution in [-0.2, 0) is 4.74 Å². The van der Waals surface area contributed by atoms with Gasteiger partial charge in [-0.25, -0.2) is 0 Å². The molecule has 1 saturated heterocycles. The van der Waals surface area contributed by atoms with Crippen molar-refractivity contribution in [1.29, 1.82) is 0 Å². The van der Waals surface area contributed by atoms with Gasteiger partial charge in [0, 0.05) is 25.8 Å². The summed E-state index contributed by atoms with van der Waals surface area (Å²) in [7, 11) is 0. The van der Waals surface area contributed by atoms with Gasteiger partial charge in [0.1, 0.15) is 0 Å². The van der Waals surface area contributed by atoms with E-state index in [0.29, 0.717) is 6.04 Å². The van der Waals surface area contributed by atoms with Gasteiger partial charge in [-0.2, -0.15) is 0 Å². The molecule has 90 valence electrons. The minimum Gasteiger partial charge on any atom is -0.381 e. The second kappa shape index (κ2) is 7.24. The van der Waals surface area contributed by atoms with Crippen LogP contribution in [0.25, 0.3) is 0 Å². The van der Waals surface area contributed by atoms with Crippen LogP contribution in [0, 0.1) is 5.92 Å². The number of hydrogen-bond donors (Lipinski definition) is 0. The summed E-state index contributed by atoms with van der Waals surface area (Å²) in [5.74, 6) is 0.862. The molecule has 0 aromatic carbocycles. The molecule has 1 heterocycles. The maximum Gasteiger partial charge on any atom is 0.0469 e. The van der Waals surface area contributed by atoms with E-state index in [2.05, 4.69) is 25.7 Å². The number of rotatable bonds is 5. The number of ether oxygens (including phenoxy) is 1. The van der Waals surface area contributed by atoms with E-state index in [0.717, 1.165) is 19.1 Å². The Balaban J connectivity index is 2.34. The van der Waals surface area contributed by atoms with Gasteiger partial charge >= 0.3 is 0 Å². The average molecular weight is 213 g/mol. The molecule has 1 fully saturated rings. The minimum atomic E-state index is 0.689. The van der Waals surface area contributed by atoms with Crippen LogP contribution in [0.3, 0.4) is 0 Å². The summed E-state index contributed by atoms with van der Waals surface area (Å²) in [5.41, 5.74) is 0. The van der Waals surface area contributed by atoms with Crippen LogP contribution in [0.1, 0.15) is 46.5 Å². The Labute approximate surface area is 95.0 Å². The Morgan fingerprint density at radius 2 is 2.07 bits per heavy atom. The van der Waals surface area contributed by atoms with Crippen LogP contribution in [0.2, 0.25) is 0 Å². The molecule has 0 spiro atoms. The van der Waals surface area contributed by atoms with Gasteiger partial charge in [0.25, 0.3) is 0 Å². The monoisotopic (exact) mass is 213 g/mol. The molecule has 1 unspecified atom stereocenters. The first kappa shape index (κ1) is 13.0. The molecule has 2 heteroatoms. The Morgan fingerprint density at radius 3 is 2.73 bits per heavy atom. The Kier molecular flexibility index (Phi) is 6.26. The Bertz CT molecular complexity index is 151. The standard InChI is InChI=1S/C13H27NO/c1-4-8-14(12(2)3)11-13-6-5-9-15-10-7-13/h12-13H,4-11H2,1-3H3. The maximum atomic E-state index is 5.51. The molecule has 15 heavy (non-hydrogen) atoms. The highest BCUT2D eigenvalue weighted by atomic mass is 16.5. The first-order valence-electron chi connectivity index (χ1n) is 6.55. The Hall–Kier alpha value is -0.0800. The van der Waals surface area contributed by atoms with Crippen molar-refractivity contribution < 1.29 is 4.74 Å². The highest BCUT2D eigenvalue weighted by Gasteiger charge is 2.17. The lowest BCUT2D eigenvalue weighted by Gasteiger charge is -2.29. The number of nitrogens with zero attached hydrogens (tertiary/aromatic N) is 1. The quantitative estimate of drug-likeness (QED) is 0.696. The van der Waals surface area contributed by atoms with Gasteiger partial charge in [-0.3, -0.25) is 0 Å². The summed E-state index contributed by atoms with van der Waals surface area (Å²) in [6.07, 6.45) is 5.13. The van der Waals surface area contributed by atoms with Gasteiger partial charge in [0.2, 0.25) is 0 Å². The molecule has 1 aliphatic rings. The van der Waals surface area contributed by atoms with Crippen molar-refractivity contribution in [3.63, 3.8) is 0 Å². The smallest absolute Gasteiger partial charge is 0.0469 e. The van der Waals surface area contributed by atoms with Gasteiger partial charge in [-0.15, -0.1) is 0 Å². The molecule has 0 N–H and O–H groups in total. The Morgan fingerprint density at radius 1 is 1.27 bits per heavy atom. The predicted molar refractivity (Wildman–Crippen MR) is 65.2 cm³/mol. The van der Waals surface area contributed by atoms with E-state index in [9.17, 15) is 0 Å². The van der Waals surface area contributed by atoms with Crippen molar-refractivity contribution in [3.8, 4) is 0 Å². The van der Waals surface area contributed by atoms with Gasteiger partial charge in [0.15, 0.2) is 0 Å². The average Bonchev–Trinajstić information content (AvgIpc) is 2.45. The lowest BCUT2D eigenvalue weighted by Crippen LogP contribution is -2.36. The highest BCUT2D eigenvalue weighted by Crippen LogP contribution is 2.18. The fraction of sp³-hybridized carbons (Fsp3) is 1.00. The largest absolute Gasteiger partial charge is 0.381 e. The van der Waals surface area contributed by atoms with E-state index in [1.54, 1.807) is 0 Å². The normalized spacial score (nSPS) is 23.4. The van der Waals surface area contributed by atoms with Crippen LogP contribution in [0.5, 0.6) is 0 Å². The molecule has 2 nitrogen and oxygen atoms in total. The van der Waals surface area contributed by atoms with Crippen molar-refractivity contribution in [2.75, 3.05) is 26.3 Å². The lowest BCUT2D eigenvalue weighted by atomic mass is 9.99. The summed E-state index contributed by atoms with van der Waals surface area (Å²) in [6.45, 7) is 11.4. The van der Waals surface area contributed by atoms with Gasteiger partial charge in [-0.1, -0.05) is 6.92 Å². The second-order valence-corrected chi connectivity index (χ2v) is 5.00. The van der Waals surface area contributed by atoms with Crippen LogP contribution in [0.15, 0.2) is 0 Å². The molecule has 0 amide bonds. The zero-order chi connectivity index (χ0) is 11.1. The maximum absolute atomic E-state index is 5.51. The van der Waals surface area contributed by atoms with Gasteiger partial charge in [0.05, 0.1) is 0 Å². The van der Waals surface area contributed by atoms with Gasteiger partial charge < -0.3 is 9.64 Å². The van der Waals surface area contributed by atoms with E-state index in [1.165, 1.54) is 38.8 Å². The van der Waals surface area contributed by atoms with Crippen LogP contribution in [0.4, 0.5) is 0 Å². The van der Waals surface area contributed by atoms with E-state index >= 15 is 0 Å². The number of hydrogen-bond acceptors (Lipinski definition) is 2. The zero-order valence-electron chi connectivity index (χ0n) is 10.7. The third-order valence-electron chi connectivity index (χ3n) is 3.31. The molecule has 0 bridgehead atoms. The SMILES string of the molecule is CCCN(CC1CCCOCC1)C(C)C. The van der Waals surface area contributed by atoms with Gasteiger partial charge in [-0.05, 0) is 52.0 Å². The molecule has 0 saturated carbocycles. The van der Waals surface area contributed by atoms with Crippen molar-refractivity contribution in [2.24, 2.45) is 5.92 Å². The first-order chi connectivity index (χ1) is 7.24. The summed E-state index contributed by atoms with van der Waals surface area (Å²) in [5, 5.41) is 0. The molecule has 0 aliphatic carbocycles. The van der Waals surface area contributed by atoms with Crippen molar-refractivity contribution in [1.82, 2.24) is 4.90 Å². The summed E-state index contributed by atoms with van der Waals surface area (Å²) >= 11 is 0. The third kappa shape index (κ3) is 4.98. The zero-order valence-corrected chi connectivity index (χ0v) is 10.7. The topological polar surface area (TPSA) is 12.5 Å². The van der Waals surface area contributed by atoms with E-state index in [-0.39, 0.29) is 0 Å². The molecule has 1 rings (SSSR count). The van der Waals surface area contributed by atoms with Crippen LogP contribution in [-0.4, -0.2) is 37.2 Å². The molecule has 1 atom stereocenters. The molecule has 0 radical (unpaired) electrons. The third-order valence-corrected chi connectivity index (χ3v) is 3.31. The van der Waals surface area contributed by atoms with Crippen LogP contribution >= 0.6 is 0 Å². The summed E-state index contributed by atoms with van der Waals surface area (Å²) in [6, 6.07) is 0.689. The van der Waals surface area contributed by atoms with E-state index in [1.807, 2.05) is 0 Å². The molecule has 0 aromatic rings. The molecule has 0 aromatic heterocycles. The minimum absolute atomic E-state index is 0.689. The molecular formula is C13H27NO. The second-order valence-electron chi connectivity index (χ2n) is 5.00. The lowest BCUT2D eigenvalue weighted by molar-refractivity contribution is 0.134. The first-order valence-corrected chi connectivity index (χ1v) is 6.55. The highest BCUT2D eigenvalue weighted by molar-refractivity contribution is 4.70. The summed E-state index contributed by atoms with van der Waals surface area (Å²) in [4.78, 5) is 2.62. The van der Waals surface area contributed by atoms with Crippen molar-refractivity contribution >= 4 is 0 Å². The summed E-state index contributed by atoms with van der Waals surface area (Å²) < 4.78 is 5.51. The van der Waals surface area contributed by atoms with E-state index in [4.69, 9.17) is 4.74 Å². The molecule has 1 aliphatic heterocycles. The predicted octanol–water partition coefficient (Wildman–Crippen LogP) is 2.92. The van der Waals surface area contributed by atoms with E-state index < -0.39 is 0 Å².